The molecule has 3 aromatic carbocycles. The Morgan fingerprint density at radius 2 is 1.80 bits per heavy atom. The van der Waals surface area contributed by atoms with Crippen molar-refractivity contribution in [3.8, 4) is 5.75 Å². The maximum Gasteiger partial charge on any atom is 0.259 e. The minimum Gasteiger partial charge on any atom is -0.488 e. The summed E-state index contributed by atoms with van der Waals surface area (Å²) in [6, 6.07) is 23.8. The highest BCUT2D eigenvalue weighted by Gasteiger charge is 2.16. The van der Waals surface area contributed by atoms with Gasteiger partial charge in [0.05, 0.1) is 5.56 Å². The van der Waals surface area contributed by atoms with Crippen LogP contribution in [-0.2, 0) is 13.7 Å². The van der Waals surface area contributed by atoms with E-state index in [2.05, 4.69) is 23.7 Å². The molecule has 0 aliphatic carbocycles. The SMILES string of the molecule is CC(C)c1ccc(OCc2ccccc2)c(C(=O)Nc2ccc3c(ccn3C)c2)c1. The molecule has 30 heavy (non-hydrogen) atoms. The number of rotatable bonds is 6. The van der Waals surface area contributed by atoms with Gasteiger partial charge in [-0.3, -0.25) is 4.79 Å². The number of nitrogens with zero attached hydrogens (tertiary/aromatic N) is 1. The Bertz CT molecular complexity index is 1180. The van der Waals surface area contributed by atoms with E-state index < -0.39 is 0 Å². The molecule has 4 nitrogen and oxygen atoms in total. The third-order valence-electron chi connectivity index (χ3n) is 5.30. The molecule has 4 heteroatoms. The van der Waals surface area contributed by atoms with Crippen molar-refractivity contribution in [3.05, 3.63) is 95.7 Å². The number of benzene rings is 3. The van der Waals surface area contributed by atoms with Crippen LogP contribution in [0.4, 0.5) is 5.69 Å². The number of carbonyl (C=O) groups is 1. The first-order valence-corrected chi connectivity index (χ1v) is 10.2. The fourth-order valence-corrected chi connectivity index (χ4v) is 3.50. The number of aromatic nitrogens is 1. The number of nitrogens with one attached hydrogen (secondary N) is 1. The van der Waals surface area contributed by atoms with Crippen LogP contribution in [0.2, 0.25) is 0 Å². The Balaban J connectivity index is 1.60. The number of anilines is 1. The first-order chi connectivity index (χ1) is 14.5. The van der Waals surface area contributed by atoms with E-state index in [9.17, 15) is 4.79 Å². The third kappa shape index (κ3) is 4.23. The normalized spacial score (nSPS) is 11.1. The van der Waals surface area contributed by atoms with Crippen LogP contribution in [0.5, 0.6) is 5.75 Å². The second-order valence-corrected chi connectivity index (χ2v) is 7.84. The van der Waals surface area contributed by atoms with Crippen molar-refractivity contribution in [1.29, 1.82) is 0 Å². The summed E-state index contributed by atoms with van der Waals surface area (Å²) in [5.74, 6) is 0.734. The molecule has 1 amide bonds. The van der Waals surface area contributed by atoms with E-state index in [1.807, 2.05) is 86.0 Å². The summed E-state index contributed by atoms with van der Waals surface area (Å²) < 4.78 is 8.08. The van der Waals surface area contributed by atoms with Crippen LogP contribution in [0.3, 0.4) is 0 Å². The van der Waals surface area contributed by atoms with Gasteiger partial charge in [0.15, 0.2) is 0 Å². The number of amides is 1. The van der Waals surface area contributed by atoms with E-state index >= 15 is 0 Å². The minimum atomic E-state index is -0.171. The lowest BCUT2D eigenvalue weighted by Gasteiger charge is -2.15. The zero-order valence-corrected chi connectivity index (χ0v) is 17.6. The Morgan fingerprint density at radius 3 is 2.57 bits per heavy atom. The van der Waals surface area contributed by atoms with Gasteiger partial charge in [-0.05, 0) is 53.4 Å². The maximum atomic E-state index is 13.2. The first kappa shape index (κ1) is 19.8. The van der Waals surface area contributed by atoms with E-state index in [4.69, 9.17) is 4.74 Å². The molecule has 0 atom stereocenters. The smallest absolute Gasteiger partial charge is 0.259 e. The lowest BCUT2D eigenvalue weighted by atomic mass is 10.00. The van der Waals surface area contributed by atoms with E-state index in [1.165, 1.54) is 0 Å². The second-order valence-electron chi connectivity index (χ2n) is 7.84. The summed E-state index contributed by atoms with van der Waals surface area (Å²) in [7, 11) is 2.01. The molecule has 0 saturated heterocycles. The van der Waals surface area contributed by atoms with Gasteiger partial charge in [0.25, 0.3) is 5.91 Å². The van der Waals surface area contributed by atoms with Crippen molar-refractivity contribution < 1.29 is 9.53 Å². The number of ether oxygens (including phenoxy) is 1. The third-order valence-corrected chi connectivity index (χ3v) is 5.30. The lowest BCUT2D eigenvalue weighted by Crippen LogP contribution is -2.14. The molecule has 0 saturated carbocycles. The number of hydrogen-bond donors (Lipinski definition) is 1. The molecule has 0 aliphatic heterocycles. The molecule has 1 aromatic heterocycles. The van der Waals surface area contributed by atoms with Crippen LogP contribution in [-0.4, -0.2) is 10.5 Å². The molecule has 1 N–H and O–H groups in total. The summed E-state index contributed by atoms with van der Waals surface area (Å²) in [6.45, 7) is 4.65. The molecular weight excluding hydrogens is 372 g/mol. The van der Waals surface area contributed by atoms with Crippen molar-refractivity contribution in [2.24, 2.45) is 7.05 Å². The van der Waals surface area contributed by atoms with E-state index in [0.29, 0.717) is 23.8 Å². The Labute approximate surface area is 177 Å². The fourth-order valence-electron chi connectivity index (χ4n) is 3.50. The van der Waals surface area contributed by atoms with Gasteiger partial charge in [-0.15, -0.1) is 0 Å². The van der Waals surface area contributed by atoms with Crippen LogP contribution in [0.25, 0.3) is 10.9 Å². The molecule has 0 bridgehead atoms. The van der Waals surface area contributed by atoms with Crippen molar-refractivity contribution in [2.75, 3.05) is 5.32 Å². The van der Waals surface area contributed by atoms with Crippen LogP contribution in [0, 0.1) is 0 Å². The molecule has 4 rings (SSSR count). The van der Waals surface area contributed by atoms with Crippen molar-refractivity contribution in [3.63, 3.8) is 0 Å². The van der Waals surface area contributed by atoms with Crippen molar-refractivity contribution in [2.45, 2.75) is 26.4 Å². The average Bonchev–Trinajstić information content (AvgIpc) is 3.13. The van der Waals surface area contributed by atoms with Gasteiger partial charge in [-0.2, -0.15) is 0 Å². The summed E-state index contributed by atoms with van der Waals surface area (Å²) >= 11 is 0. The Hall–Kier alpha value is -3.53. The fraction of sp³-hybridized carbons (Fsp3) is 0.192. The molecule has 0 fully saturated rings. The van der Waals surface area contributed by atoms with Crippen molar-refractivity contribution >= 4 is 22.5 Å². The van der Waals surface area contributed by atoms with Crippen LogP contribution in [0.1, 0.15) is 41.3 Å². The van der Waals surface area contributed by atoms with Gasteiger partial charge in [-0.1, -0.05) is 50.2 Å². The van der Waals surface area contributed by atoms with E-state index in [0.717, 1.165) is 27.7 Å². The van der Waals surface area contributed by atoms with Gasteiger partial charge < -0.3 is 14.6 Å². The van der Waals surface area contributed by atoms with Gasteiger partial charge in [0, 0.05) is 29.8 Å². The molecule has 1 heterocycles. The quantitative estimate of drug-likeness (QED) is 0.424. The highest BCUT2D eigenvalue weighted by atomic mass is 16.5. The van der Waals surface area contributed by atoms with Crippen LogP contribution in [0.15, 0.2) is 79.0 Å². The Morgan fingerprint density at radius 1 is 1.00 bits per heavy atom. The molecule has 4 aromatic rings. The second kappa shape index (κ2) is 8.46. The zero-order valence-electron chi connectivity index (χ0n) is 17.6. The van der Waals surface area contributed by atoms with Gasteiger partial charge in [0.2, 0.25) is 0 Å². The largest absolute Gasteiger partial charge is 0.488 e. The van der Waals surface area contributed by atoms with Gasteiger partial charge >= 0.3 is 0 Å². The monoisotopic (exact) mass is 398 g/mol. The summed E-state index contributed by atoms with van der Waals surface area (Å²) in [5.41, 5.74) is 4.60. The number of hydrogen-bond acceptors (Lipinski definition) is 2. The standard InChI is InChI=1S/C26H26N2O2/c1-18(2)20-9-12-25(30-17-19-7-5-4-6-8-19)23(16-20)26(29)27-22-10-11-24-21(15-22)13-14-28(24)3/h4-16,18H,17H2,1-3H3,(H,27,29). The van der Waals surface area contributed by atoms with Crippen LogP contribution < -0.4 is 10.1 Å². The molecule has 0 spiro atoms. The summed E-state index contributed by atoms with van der Waals surface area (Å²) in [4.78, 5) is 13.2. The molecule has 0 aliphatic rings. The number of carbonyl (C=O) groups excluding carboxylic acids is 1. The molecular formula is C26H26N2O2. The zero-order chi connectivity index (χ0) is 21.1. The molecule has 0 radical (unpaired) electrons. The average molecular weight is 399 g/mol. The molecule has 0 unspecified atom stereocenters. The van der Waals surface area contributed by atoms with Gasteiger partial charge in [-0.25, -0.2) is 0 Å². The number of fused-ring (bicyclic) bond motifs is 1. The Kier molecular flexibility index (Phi) is 5.57. The van der Waals surface area contributed by atoms with E-state index in [-0.39, 0.29) is 5.91 Å². The highest BCUT2D eigenvalue weighted by Crippen LogP contribution is 2.27. The lowest BCUT2D eigenvalue weighted by molar-refractivity contribution is 0.102. The number of aryl methyl sites for hydroxylation is 1. The minimum absolute atomic E-state index is 0.171. The maximum absolute atomic E-state index is 13.2. The summed E-state index contributed by atoms with van der Waals surface area (Å²) in [6.07, 6.45) is 2.01. The van der Waals surface area contributed by atoms with Gasteiger partial charge in [0.1, 0.15) is 12.4 Å². The van der Waals surface area contributed by atoms with Crippen molar-refractivity contribution in [1.82, 2.24) is 4.57 Å². The highest BCUT2D eigenvalue weighted by molar-refractivity contribution is 6.07. The summed E-state index contributed by atoms with van der Waals surface area (Å²) in [5, 5.41) is 4.13. The first-order valence-electron chi connectivity index (χ1n) is 10.2. The van der Waals surface area contributed by atoms with E-state index in [1.54, 1.807) is 0 Å². The molecule has 152 valence electrons. The predicted molar refractivity (Wildman–Crippen MR) is 122 cm³/mol. The predicted octanol–water partition coefficient (Wildman–Crippen LogP) is 6.13. The van der Waals surface area contributed by atoms with Crippen LogP contribution >= 0.6 is 0 Å². The topological polar surface area (TPSA) is 43.3 Å².